The Hall–Kier alpha value is -3.85. The molecule has 1 aliphatic heterocycles. The van der Waals surface area contributed by atoms with Crippen LogP contribution in [0.4, 0.5) is 17.3 Å². The van der Waals surface area contributed by atoms with Gasteiger partial charge in [0.15, 0.2) is 5.75 Å². The number of ether oxygens (including phenoxy) is 2. The molecule has 3 aromatic heterocycles. The fourth-order valence-electron chi connectivity index (χ4n) is 3.89. The van der Waals surface area contributed by atoms with Crippen molar-refractivity contribution in [2.45, 2.75) is 0 Å². The van der Waals surface area contributed by atoms with Gasteiger partial charge in [-0.05, 0) is 24.3 Å². The van der Waals surface area contributed by atoms with Crippen molar-refractivity contribution in [3.63, 3.8) is 0 Å². The lowest BCUT2D eigenvalue weighted by Crippen LogP contribution is -2.43. The van der Waals surface area contributed by atoms with E-state index in [1.807, 2.05) is 40.9 Å². The van der Waals surface area contributed by atoms with Gasteiger partial charge in [-0.1, -0.05) is 6.07 Å². The van der Waals surface area contributed by atoms with Crippen LogP contribution in [0.15, 0.2) is 55.0 Å². The van der Waals surface area contributed by atoms with Crippen LogP contribution in [-0.2, 0) is 0 Å². The highest BCUT2D eigenvalue weighted by Gasteiger charge is 2.17. The summed E-state index contributed by atoms with van der Waals surface area (Å²) in [7, 11) is 3.27. The Morgan fingerprint density at radius 3 is 2.62 bits per heavy atom. The number of piperazine rings is 1. The van der Waals surface area contributed by atoms with E-state index in [1.54, 1.807) is 26.6 Å². The van der Waals surface area contributed by atoms with Crippen LogP contribution in [0.5, 0.6) is 11.5 Å². The van der Waals surface area contributed by atoms with Crippen LogP contribution in [0.25, 0.3) is 17.0 Å². The van der Waals surface area contributed by atoms with E-state index in [9.17, 15) is 0 Å². The molecule has 1 aliphatic rings. The second-order valence-electron chi connectivity index (χ2n) is 7.43. The minimum atomic E-state index is 0.444. The van der Waals surface area contributed by atoms with Gasteiger partial charge in [-0.3, -0.25) is 4.40 Å². The first-order valence-corrected chi connectivity index (χ1v) is 10.5. The van der Waals surface area contributed by atoms with Crippen LogP contribution in [0.1, 0.15) is 0 Å². The van der Waals surface area contributed by atoms with Crippen molar-refractivity contribution in [3.8, 4) is 22.9 Å². The molecular weight excluding hydrogens is 406 g/mol. The number of nitrogens with zero attached hydrogens (tertiary/aromatic N) is 5. The minimum absolute atomic E-state index is 0.444. The number of benzene rings is 1. The lowest BCUT2D eigenvalue weighted by atomic mass is 10.2. The van der Waals surface area contributed by atoms with E-state index in [1.165, 1.54) is 0 Å². The van der Waals surface area contributed by atoms with Crippen molar-refractivity contribution in [2.75, 3.05) is 50.6 Å². The molecule has 0 atom stereocenters. The highest BCUT2D eigenvalue weighted by Crippen LogP contribution is 2.33. The van der Waals surface area contributed by atoms with Gasteiger partial charge in [0.2, 0.25) is 5.95 Å². The Morgan fingerprint density at radius 2 is 1.81 bits per heavy atom. The first kappa shape index (κ1) is 20.1. The second-order valence-corrected chi connectivity index (χ2v) is 7.43. The lowest BCUT2D eigenvalue weighted by Gasteiger charge is -2.30. The summed E-state index contributed by atoms with van der Waals surface area (Å²) < 4.78 is 13.1. The molecule has 32 heavy (non-hydrogen) atoms. The lowest BCUT2D eigenvalue weighted by molar-refractivity contribution is 0.412. The fraction of sp³-hybridized carbons (Fsp3) is 0.261. The van der Waals surface area contributed by atoms with E-state index < -0.39 is 0 Å². The Morgan fingerprint density at radius 1 is 0.969 bits per heavy atom. The molecule has 0 bridgehead atoms. The molecule has 4 aromatic rings. The molecule has 1 saturated heterocycles. The molecule has 0 amide bonds. The summed E-state index contributed by atoms with van der Waals surface area (Å²) in [6.07, 6.45) is 5.39. The number of aromatic nitrogens is 4. The summed E-state index contributed by atoms with van der Waals surface area (Å²) in [6.45, 7) is 3.91. The molecule has 2 N–H and O–H groups in total. The van der Waals surface area contributed by atoms with Crippen LogP contribution in [0, 0.1) is 0 Å². The molecule has 4 heterocycles. The number of hydrogen-bond donors (Lipinski definition) is 2. The Kier molecular flexibility index (Phi) is 5.47. The maximum Gasteiger partial charge on any atom is 0.228 e. The zero-order valence-electron chi connectivity index (χ0n) is 18.1. The van der Waals surface area contributed by atoms with E-state index in [0.717, 1.165) is 54.6 Å². The highest BCUT2D eigenvalue weighted by molar-refractivity contribution is 5.71. The van der Waals surface area contributed by atoms with Gasteiger partial charge in [0.25, 0.3) is 0 Å². The Balaban J connectivity index is 1.47. The number of imidazole rings is 1. The van der Waals surface area contributed by atoms with Gasteiger partial charge in [-0.2, -0.15) is 0 Å². The molecule has 0 unspecified atom stereocenters. The van der Waals surface area contributed by atoms with Crippen molar-refractivity contribution in [3.05, 3.63) is 55.0 Å². The van der Waals surface area contributed by atoms with E-state index in [-0.39, 0.29) is 0 Å². The molecule has 5 rings (SSSR count). The van der Waals surface area contributed by atoms with Gasteiger partial charge in [0, 0.05) is 44.1 Å². The maximum atomic E-state index is 5.65. The normalized spacial score (nSPS) is 13.9. The van der Waals surface area contributed by atoms with Crippen molar-refractivity contribution in [2.24, 2.45) is 0 Å². The third-order valence-corrected chi connectivity index (χ3v) is 5.55. The number of nitrogens with one attached hydrogen (secondary N) is 2. The summed E-state index contributed by atoms with van der Waals surface area (Å²) in [6, 6.07) is 12.0. The predicted octanol–water partition coefficient (Wildman–Crippen LogP) is 2.96. The van der Waals surface area contributed by atoms with Crippen LogP contribution >= 0.6 is 0 Å². The number of hydrogen-bond acceptors (Lipinski definition) is 8. The smallest absolute Gasteiger partial charge is 0.228 e. The molecule has 164 valence electrons. The monoisotopic (exact) mass is 431 g/mol. The topological polar surface area (TPSA) is 88.8 Å². The first-order chi connectivity index (χ1) is 15.8. The second kappa shape index (κ2) is 8.72. The SMILES string of the molecule is COc1cc(N2CCNCC2)ccc1Nc1ncc(OC)c(-c2cnc3ccccn23)n1. The molecule has 1 aromatic carbocycles. The van der Waals surface area contributed by atoms with Crippen LogP contribution in [-0.4, -0.2) is 59.8 Å². The van der Waals surface area contributed by atoms with Crippen molar-refractivity contribution >= 4 is 23.0 Å². The quantitative estimate of drug-likeness (QED) is 0.482. The average Bonchev–Trinajstić information content (AvgIpc) is 3.29. The van der Waals surface area contributed by atoms with E-state index >= 15 is 0 Å². The van der Waals surface area contributed by atoms with E-state index in [2.05, 4.69) is 31.6 Å². The molecule has 9 nitrogen and oxygen atoms in total. The van der Waals surface area contributed by atoms with Gasteiger partial charge in [0.1, 0.15) is 17.1 Å². The minimum Gasteiger partial charge on any atom is -0.494 e. The maximum absolute atomic E-state index is 5.65. The summed E-state index contributed by atoms with van der Waals surface area (Å²) in [5.41, 5.74) is 4.24. The van der Waals surface area contributed by atoms with Crippen LogP contribution in [0.2, 0.25) is 0 Å². The standard InChI is InChI=1S/C23H25N7O2/c1-31-19-13-16(29-11-8-24-9-12-29)6-7-17(19)27-23-26-15-20(32-2)22(28-23)18-14-25-21-5-3-4-10-30(18)21/h3-7,10,13-15,24H,8-9,11-12H2,1-2H3,(H,26,27,28). The Labute approximate surface area is 186 Å². The molecule has 0 saturated carbocycles. The predicted molar refractivity (Wildman–Crippen MR) is 124 cm³/mol. The fourth-order valence-corrected chi connectivity index (χ4v) is 3.89. The molecule has 0 aliphatic carbocycles. The van der Waals surface area contributed by atoms with Crippen LogP contribution in [0.3, 0.4) is 0 Å². The largest absolute Gasteiger partial charge is 0.494 e. The number of anilines is 3. The number of methoxy groups -OCH3 is 2. The summed E-state index contributed by atoms with van der Waals surface area (Å²) in [5, 5.41) is 6.67. The summed E-state index contributed by atoms with van der Waals surface area (Å²) >= 11 is 0. The number of pyridine rings is 1. The third-order valence-electron chi connectivity index (χ3n) is 5.55. The third kappa shape index (κ3) is 3.78. The zero-order chi connectivity index (χ0) is 21.9. The molecular formula is C23H25N7O2. The number of rotatable bonds is 6. The summed E-state index contributed by atoms with van der Waals surface area (Å²) in [4.78, 5) is 16.0. The van der Waals surface area contributed by atoms with Crippen LogP contribution < -0.4 is 25.0 Å². The van der Waals surface area contributed by atoms with Gasteiger partial charge in [0.05, 0.1) is 38.0 Å². The van der Waals surface area contributed by atoms with Gasteiger partial charge >= 0.3 is 0 Å². The molecule has 1 fully saturated rings. The molecule has 0 spiro atoms. The van der Waals surface area contributed by atoms with Gasteiger partial charge < -0.3 is 25.0 Å². The van der Waals surface area contributed by atoms with E-state index in [0.29, 0.717) is 17.4 Å². The van der Waals surface area contributed by atoms with Crippen molar-refractivity contribution in [1.29, 1.82) is 0 Å². The van der Waals surface area contributed by atoms with Gasteiger partial charge in [-0.25, -0.2) is 15.0 Å². The van der Waals surface area contributed by atoms with Crippen molar-refractivity contribution < 1.29 is 9.47 Å². The first-order valence-electron chi connectivity index (χ1n) is 10.5. The molecule has 9 heteroatoms. The average molecular weight is 432 g/mol. The van der Waals surface area contributed by atoms with Gasteiger partial charge in [-0.15, -0.1) is 0 Å². The molecule has 0 radical (unpaired) electrons. The number of fused-ring (bicyclic) bond motifs is 1. The zero-order valence-corrected chi connectivity index (χ0v) is 18.1. The van der Waals surface area contributed by atoms with Crippen molar-refractivity contribution in [1.82, 2.24) is 24.7 Å². The highest BCUT2D eigenvalue weighted by atomic mass is 16.5. The Bertz CT molecular complexity index is 1230. The van der Waals surface area contributed by atoms with E-state index in [4.69, 9.17) is 14.5 Å². The summed E-state index contributed by atoms with van der Waals surface area (Å²) in [5.74, 6) is 1.75.